The normalized spacial score (nSPS) is 14.2. The minimum absolute atomic E-state index is 0.366. The molecular weight excluding hydrogens is 418 g/mol. The standard InChI is InChI=1S/C21H20BrN5O/c22-15-2-1-3-16(11-15)26-21-18-12-17(4-5-19(18)24-13-25-21)27-8-6-14(7-9-27)10-20(23)28/h1-5,10-13H,6-9H2,(H2,23,28)(H,24,25,26). The molecule has 3 N–H and O–H groups in total. The number of amides is 1. The second-order valence-corrected chi connectivity index (χ2v) is 7.67. The molecule has 6 nitrogen and oxygen atoms in total. The number of primary amides is 1. The molecule has 142 valence electrons. The molecule has 28 heavy (non-hydrogen) atoms. The van der Waals surface area contributed by atoms with Gasteiger partial charge in [0.25, 0.3) is 0 Å². The SMILES string of the molecule is NC(=O)C=C1CCN(c2ccc3ncnc(Nc4cccc(Br)c4)c3c2)CC1. The van der Waals surface area contributed by atoms with Crippen LogP contribution in [0.25, 0.3) is 10.9 Å². The van der Waals surface area contributed by atoms with Crippen molar-refractivity contribution in [3.8, 4) is 0 Å². The van der Waals surface area contributed by atoms with Gasteiger partial charge in [-0.25, -0.2) is 9.97 Å². The lowest BCUT2D eigenvalue weighted by molar-refractivity contribution is -0.113. The molecule has 2 aromatic carbocycles. The van der Waals surface area contributed by atoms with Gasteiger partial charge < -0.3 is 16.0 Å². The van der Waals surface area contributed by atoms with Crippen molar-refractivity contribution >= 4 is 49.9 Å². The van der Waals surface area contributed by atoms with Crippen LogP contribution < -0.4 is 16.0 Å². The third-order valence-electron chi connectivity index (χ3n) is 4.82. The minimum Gasteiger partial charge on any atom is -0.371 e. The molecule has 1 aromatic heterocycles. The Hall–Kier alpha value is -2.93. The van der Waals surface area contributed by atoms with Crippen molar-refractivity contribution in [2.75, 3.05) is 23.3 Å². The number of fused-ring (bicyclic) bond motifs is 1. The Labute approximate surface area is 171 Å². The summed E-state index contributed by atoms with van der Waals surface area (Å²) in [4.78, 5) is 22.2. The van der Waals surface area contributed by atoms with Gasteiger partial charge in [0.2, 0.25) is 5.91 Å². The van der Waals surface area contributed by atoms with E-state index in [1.807, 2.05) is 30.3 Å². The van der Waals surface area contributed by atoms with E-state index in [0.29, 0.717) is 0 Å². The van der Waals surface area contributed by atoms with Crippen molar-refractivity contribution in [2.24, 2.45) is 5.73 Å². The van der Waals surface area contributed by atoms with Gasteiger partial charge in [0.05, 0.1) is 5.52 Å². The van der Waals surface area contributed by atoms with Crippen LogP contribution in [-0.4, -0.2) is 29.0 Å². The summed E-state index contributed by atoms with van der Waals surface area (Å²) < 4.78 is 1.00. The summed E-state index contributed by atoms with van der Waals surface area (Å²) in [6.07, 6.45) is 4.82. The molecule has 4 rings (SSSR count). The number of nitrogens with one attached hydrogen (secondary N) is 1. The quantitative estimate of drug-likeness (QED) is 0.598. The van der Waals surface area contributed by atoms with Crippen LogP contribution in [0.2, 0.25) is 0 Å². The molecular formula is C21H20BrN5O. The van der Waals surface area contributed by atoms with Gasteiger partial charge in [0.1, 0.15) is 12.1 Å². The third-order valence-corrected chi connectivity index (χ3v) is 5.32. The zero-order valence-electron chi connectivity index (χ0n) is 15.2. The van der Waals surface area contributed by atoms with Crippen molar-refractivity contribution in [3.05, 3.63) is 64.9 Å². The molecule has 1 aliphatic rings. The molecule has 0 unspecified atom stereocenters. The molecule has 0 radical (unpaired) electrons. The highest BCUT2D eigenvalue weighted by Crippen LogP contribution is 2.30. The number of hydrogen-bond acceptors (Lipinski definition) is 5. The molecule has 1 saturated heterocycles. The smallest absolute Gasteiger partial charge is 0.241 e. The van der Waals surface area contributed by atoms with Crippen LogP contribution in [0.1, 0.15) is 12.8 Å². The van der Waals surface area contributed by atoms with Gasteiger partial charge in [-0.1, -0.05) is 27.6 Å². The van der Waals surface area contributed by atoms with Crippen LogP contribution in [0.3, 0.4) is 0 Å². The highest BCUT2D eigenvalue weighted by atomic mass is 79.9. The second kappa shape index (κ2) is 7.98. The lowest BCUT2D eigenvalue weighted by Gasteiger charge is -2.30. The summed E-state index contributed by atoms with van der Waals surface area (Å²) in [6.45, 7) is 1.71. The minimum atomic E-state index is -0.366. The Balaban J connectivity index is 1.61. The van der Waals surface area contributed by atoms with E-state index >= 15 is 0 Å². The number of carbonyl (C=O) groups is 1. The first-order valence-electron chi connectivity index (χ1n) is 9.10. The van der Waals surface area contributed by atoms with Crippen LogP contribution in [0, 0.1) is 0 Å². The van der Waals surface area contributed by atoms with E-state index in [0.717, 1.165) is 64.1 Å². The van der Waals surface area contributed by atoms with Crippen molar-refractivity contribution in [2.45, 2.75) is 12.8 Å². The van der Waals surface area contributed by atoms with Gasteiger partial charge in [-0.2, -0.15) is 0 Å². The maximum absolute atomic E-state index is 11.1. The van der Waals surface area contributed by atoms with Gasteiger partial charge in [-0.3, -0.25) is 4.79 Å². The Morgan fingerprint density at radius 2 is 1.96 bits per heavy atom. The second-order valence-electron chi connectivity index (χ2n) is 6.75. The molecule has 0 aliphatic carbocycles. The first-order chi connectivity index (χ1) is 13.6. The number of carbonyl (C=O) groups excluding carboxylic acids is 1. The molecule has 0 bridgehead atoms. The third kappa shape index (κ3) is 4.14. The zero-order chi connectivity index (χ0) is 19.5. The lowest BCUT2D eigenvalue weighted by Crippen LogP contribution is -2.30. The van der Waals surface area contributed by atoms with Gasteiger partial charge in [0.15, 0.2) is 0 Å². The highest BCUT2D eigenvalue weighted by Gasteiger charge is 2.16. The number of nitrogens with zero attached hydrogens (tertiary/aromatic N) is 3. The number of hydrogen-bond donors (Lipinski definition) is 2. The van der Waals surface area contributed by atoms with Crippen LogP contribution in [0.4, 0.5) is 17.2 Å². The van der Waals surface area contributed by atoms with E-state index in [1.165, 1.54) is 0 Å². The lowest BCUT2D eigenvalue weighted by atomic mass is 10.0. The number of anilines is 3. The maximum Gasteiger partial charge on any atom is 0.241 e. The van der Waals surface area contributed by atoms with Crippen molar-refractivity contribution in [3.63, 3.8) is 0 Å². The van der Waals surface area contributed by atoms with E-state index in [9.17, 15) is 4.79 Å². The number of halogens is 1. The van der Waals surface area contributed by atoms with E-state index < -0.39 is 0 Å². The predicted molar refractivity (Wildman–Crippen MR) is 116 cm³/mol. The van der Waals surface area contributed by atoms with Crippen LogP contribution in [0.5, 0.6) is 0 Å². The fourth-order valence-electron chi connectivity index (χ4n) is 3.44. The molecule has 7 heteroatoms. The molecule has 2 heterocycles. The Morgan fingerprint density at radius 1 is 1.14 bits per heavy atom. The summed E-state index contributed by atoms with van der Waals surface area (Å²) in [6, 6.07) is 14.2. The van der Waals surface area contributed by atoms with Crippen LogP contribution >= 0.6 is 15.9 Å². The Kier molecular flexibility index (Phi) is 5.25. The van der Waals surface area contributed by atoms with E-state index in [4.69, 9.17) is 5.73 Å². The largest absolute Gasteiger partial charge is 0.371 e. The molecule has 0 spiro atoms. The van der Waals surface area contributed by atoms with E-state index in [2.05, 4.69) is 48.2 Å². The van der Waals surface area contributed by atoms with Gasteiger partial charge in [0, 0.05) is 40.4 Å². The van der Waals surface area contributed by atoms with Crippen molar-refractivity contribution in [1.82, 2.24) is 9.97 Å². The van der Waals surface area contributed by atoms with Gasteiger partial charge >= 0.3 is 0 Å². The number of aromatic nitrogens is 2. The van der Waals surface area contributed by atoms with Crippen molar-refractivity contribution < 1.29 is 4.79 Å². The first kappa shape index (κ1) is 18.4. The molecule has 1 amide bonds. The van der Waals surface area contributed by atoms with E-state index in [-0.39, 0.29) is 5.91 Å². The monoisotopic (exact) mass is 437 g/mol. The number of piperidine rings is 1. The first-order valence-corrected chi connectivity index (χ1v) is 9.89. The van der Waals surface area contributed by atoms with Crippen LogP contribution in [0.15, 0.2) is 64.9 Å². The molecule has 0 atom stereocenters. The Bertz CT molecular complexity index is 1060. The predicted octanol–water partition coefficient (Wildman–Crippen LogP) is 4.15. The molecule has 3 aromatic rings. The highest BCUT2D eigenvalue weighted by molar-refractivity contribution is 9.10. The summed E-state index contributed by atoms with van der Waals surface area (Å²) in [5.74, 6) is 0.408. The van der Waals surface area contributed by atoms with Crippen molar-refractivity contribution in [1.29, 1.82) is 0 Å². The summed E-state index contributed by atoms with van der Waals surface area (Å²) in [5.41, 5.74) is 9.35. The molecule has 0 saturated carbocycles. The summed E-state index contributed by atoms with van der Waals surface area (Å²) in [5, 5.41) is 4.36. The van der Waals surface area contributed by atoms with Crippen LogP contribution in [-0.2, 0) is 4.79 Å². The van der Waals surface area contributed by atoms with E-state index in [1.54, 1.807) is 12.4 Å². The average molecular weight is 438 g/mol. The number of rotatable bonds is 4. The summed E-state index contributed by atoms with van der Waals surface area (Å²) >= 11 is 3.50. The number of nitrogens with two attached hydrogens (primary N) is 1. The van der Waals surface area contributed by atoms with Gasteiger partial charge in [-0.05, 0) is 49.2 Å². The molecule has 1 aliphatic heterocycles. The average Bonchev–Trinajstić information content (AvgIpc) is 2.68. The number of benzene rings is 2. The maximum atomic E-state index is 11.1. The Morgan fingerprint density at radius 3 is 2.71 bits per heavy atom. The summed E-state index contributed by atoms with van der Waals surface area (Å²) in [7, 11) is 0. The fourth-order valence-corrected chi connectivity index (χ4v) is 3.84. The molecule has 1 fully saturated rings. The topological polar surface area (TPSA) is 84.1 Å². The zero-order valence-corrected chi connectivity index (χ0v) is 16.8. The fraction of sp³-hybridized carbons (Fsp3) is 0.190. The van der Waals surface area contributed by atoms with Gasteiger partial charge in [-0.15, -0.1) is 0 Å².